The molecular formula is C26H23N7O5. The lowest BCUT2D eigenvalue weighted by Crippen LogP contribution is -2.15. The number of nitrogens with one attached hydrogen (secondary N) is 1. The minimum absolute atomic E-state index is 0.0901. The number of carbonyl (C=O) groups is 1. The molecule has 0 unspecified atom stereocenters. The Morgan fingerprint density at radius 3 is 2.53 bits per heavy atom. The van der Waals surface area contributed by atoms with E-state index in [1.54, 1.807) is 75.3 Å². The van der Waals surface area contributed by atoms with Gasteiger partial charge in [0.15, 0.2) is 28.8 Å². The highest BCUT2D eigenvalue weighted by atomic mass is 16.5. The summed E-state index contributed by atoms with van der Waals surface area (Å²) in [5.41, 5.74) is 0.773. The topological polar surface area (TPSA) is 135 Å². The molecule has 0 aliphatic rings. The summed E-state index contributed by atoms with van der Waals surface area (Å²) in [6, 6.07) is 12.1. The molecule has 5 aromatic rings. The molecule has 0 bridgehead atoms. The van der Waals surface area contributed by atoms with Gasteiger partial charge >= 0.3 is 0 Å². The van der Waals surface area contributed by atoms with Crippen LogP contribution >= 0.6 is 0 Å². The van der Waals surface area contributed by atoms with E-state index in [-0.39, 0.29) is 5.69 Å². The predicted molar refractivity (Wildman–Crippen MR) is 137 cm³/mol. The van der Waals surface area contributed by atoms with E-state index in [0.717, 1.165) is 5.39 Å². The van der Waals surface area contributed by atoms with E-state index in [4.69, 9.17) is 18.9 Å². The van der Waals surface area contributed by atoms with Crippen molar-refractivity contribution in [1.82, 2.24) is 29.9 Å². The first-order valence-corrected chi connectivity index (χ1v) is 11.6. The van der Waals surface area contributed by atoms with Crippen LogP contribution in [0.15, 0.2) is 67.3 Å². The Balaban J connectivity index is 1.34. The molecule has 12 heteroatoms. The van der Waals surface area contributed by atoms with Gasteiger partial charge in [0, 0.05) is 23.8 Å². The fourth-order valence-corrected chi connectivity index (χ4v) is 3.66. The van der Waals surface area contributed by atoms with Crippen molar-refractivity contribution in [3.63, 3.8) is 0 Å². The highest BCUT2D eigenvalue weighted by Gasteiger charge is 2.20. The number of hydrogen-bond acceptors (Lipinski definition) is 10. The van der Waals surface area contributed by atoms with Crippen LogP contribution in [0.3, 0.4) is 0 Å². The molecule has 38 heavy (non-hydrogen) atoms. The maximum atomic E-state index is 13.0. The number of anilines is 1. The maximum absolute atomic E-state index is 13.0. The first kappa shape index (κ1) is 24.4. The van der Waals surface area contributed by atoms with Crippen LogP contribution < -0.4 is 24.3 Å². The Morgan fingerprint density at radius 1 is 0.974 bits per heavy atom. The first-order chi connectivity index (χ1) is 18.6. The summed E-state index contributed by atoms with van der Waals surface area (Å²) in [6.07, 6.45) is 6.27. The molecule has 0 atom stereocenters. The largest absolute Gasteiger partial charge is 0.493 e. The Labute approximate surface area is 217 Å². The Kier molecular flexibility index (Phi) is 6.93. The van der Waals surface area contributed by atoms with E-state index in [0.29, 0.717) is 52.5 Å². The average molecular weight is 514 g/mol. The molecule has 0 saturated carbocycles. The normalized spacial score (nSPS) is 10.7. The van der Waals surface area contributed by atoms with Gasteiger partial charge in [-0.25, -0.2) is 9.67 Å². The second-order valence-electron chi connectivity index (χ2n) is 7.77. The van der Waals surface area contributed by atoms with Gasteiger partial charge in [-0.3, -0.25) is 9.78 Å². The van der Waals surface area contributed by atoms with Crippen molar-refractivity contribution < 1.29 is 23.7 Å². The molecular weight excluding hydrogens is 490 g/mol. The third-order valence-corrected chi connectivity index (χ3v) is 5.40. The number of fused-ring (bicyclic) bond motifs is 1. The van der Waals surface area contributed by atoms with Gasteiger partial charge < -0.3 is 24.3 Å². The van der Waals surface area contributed by atoms with E-state index in [2.05, 4.69) is 30.6 Å². The van der Waals surface area contributed by atoms with Gasteiger partial charge in [0.2, 0.25) is 0 Å². The van der Waals surface area contributed by atoms with E-state index in [1.165, 1.54) is 10.9 Å². The molecule has 1 N–H and O–H groups in total. The standard InChI is InChI=1S/C26H23N7O5/c1-4-37-22-15-33(24-6-5-10-29-31-24)32-25(22)26(34)30-23-8-7-16(14-28-23)38-19-9-11-27-18-13-21(36-3)20(35-2)12-17(18)19/h5-15H,4H2,1-3H3,(H,28,30,34). The molecule has 5 rings (SSSR count). The lowest BCUT2D eigenvalue weighted by molar-refractivity contribution is 0.101. The number of hydrogen-bond donors (Lipinski definition) is 1. The lowest BCUT2D eigenvalue weighted by atomic mass is 10.2. The van der Waals surface area contributed by atoms with Gasteiger partial charge in [-0.15, -0.1) is 5.10 Å². The second-order valence-corrected chi connectivity index (χ2v) is 7.77. The minimum Gasteiger partial charge on any atom is -0.493 e. The Hall–Kier alpha value is -5.26. The highest BCUT2D eigenvalue weighted by Crippen LogP contribution is 2.36. The molecule has 12 nitrogen and oxygen atoms in total. The molecule has 1 amide bonds. The maximum Gasteiger partial charge on any atom is 0.281 e. The van der Waals surface area contributed by atoms with Crippen LogP contribution in [0.5, 0.6) is 28.7 Å². The summed E-state index contributed by atoms with van der Waals surface area (Å²) in [5.74, 6) is 2.74. The summed E-state index contributed by atoms with van der Waals surface area (Å²) >= 11 is 0. The number of ether oxygens (including phenoxy) is 4. The van der Waals surface area contributed by atoms with Crippen molar-refractivity contribution in [2.45, 2.75) is 6.92 Å². The summed E-state index contributed by atoms with van der Waals surface area (Å²) in [5, 5.41) is 15.6. The van der Waals surface area contributed by atoms with Crippen molar-refractivity contribution in [2.75, 3.05) is 26.1 Å². The average Bonchev–Trinajstić information content (AvgIpc) is 3.38. The monoisotopic (exact) mass is 513 g/mol. The predicted octanol–water partition coefficient (Wildman–Crippen LogP) is 4.07. The van der Waals surface area contributed by atoms with Crippen LogP contribution in [0, 0.1) is 0 Å². The second kappa shape index (κ2) is 10.8. The summed E-state index contributed by atoms with van der Waals surface area (Å²) in [6.45, 7) is 2.18. The van der Waals surface area contributed by atoms with Crippen LogP contribution in [-0.4, -0.2) is 56.7 Å². The summed E-state index contributed by atoms with van der Waals surface area (Å²) < 4.78 is 23.8. The van der Waals surface area contributed by atoms with Gasteiger partial charge in [0.25, 0.3) is 5.91 Å². The van der Waals surface area contributed by atoms with E-state index >= 15 is 0 Å². The zero-order valence-electron chi connectivity index (χ0n) is 20.8. The summed E-state index contributed by atoms with van der Waals surface area (Å²) in [4.78, 5) is 21.7. The minimum atomic E-state index is -0.488. The number of aromatic nitrogens is 6. The Bertz CT molecular complexity index is 1570. The molecule has 0 radical (unpaired) electrons. The number of methoxy groups -OCH3 is 2. The number of carbonyl (C=O) groups excluding carboxylic acids is 1. The van der Waals surface area contributed by atoms with Crippen molar-refractivity contribution in [3.05, 3.63) is 72.9 Å². The van der Waals surface area contributed by atoms with Gasteiger partial charge in [-0.2, -0.15) is 10.2 Å². The highest BCUT2D eigenvalue weighted by molar-refractivity contribution is 6.04. The zero-order chi connectivity index (χ0) is 26.5. The van der Waals surface area contributed by atoms with Crippen molar-refractivity contribution in [1.29, 1.82) is 0 Å². The van der Waals surface area contributed by atoms with E-state index < -0.39 is 5.91 Å². The van der Waals surface area contributed by atoms with Gasteiger partial charge in [0.1, 0.15) is 17.3 Å². The van der Waals surface area contributed by atoms with Crippen molar-refractivity contribution in [2.24, 2.45) is 0 Å². The zero-order valence-corrected chi connectivity index (χ0v) is 20.8. The Morgan fingerprint density at radius 2 is 1.82 bits per heavy atom. The van der Waals surface area contributed by atoms with Crippen LogP contribution in [-0.2, 0) is 0 Å². The number of benzene rings is 1. The number of pyridine rings is 2. The molecule has 4 heterocycles. The van der Waals surface area contributed by atoms with Crippen LogP contribution in [0.1, 0.15) is 17.4 Å². The SMILES string of the molecule is CCOc1cn(-c2cccnn2)nc1C(=O)Nc1ccc(Oc2ccnc3cc(OC)c(OC)cc23)cn1. The fraction of sp³-hybridized carbons (Fsp3) is 0.154. The molecule has 1 aromatic carbocycles. The third kappa shape index (κ3) is 5.00. The quantitative estimate of drug-likeness (QED) is 0.307. The van der Waals surface area contributed by atoms with Gasteiger partial charge in [-0.1, -0.05) is 0 Å². The lowest BCUT2D eigenvalue weighted by Gasteiger charge is -2.12. The van der Waals surface area contributed by atoms with Gasteiger partial charge in [-0.05, 0) is 43.3 Å². The molecule has 192 valence electrons. The van der Waals surface area contributed by atoms with Crippen molar-refractivity contribution in [3.8, 4) is 34.6 Å². The van der Waals surface area contributed by atoms with E-state index in [9.17, 15) is 4.79 Å². The fourth-order valence-electron chi connectivity index (χ4n) is 3.66. The third-order valence-electron chi connectivity index (χ3n) is 5.40. The molecule has 0 aliphatic heterocycles. The number of amides is 1. The molecule has 0 saturated heterocycles. The molecule has 0 fully saturated rings. The molecule has 0 aliphatic carbocycles. The van der Waals surface area contributed by atoms with Crippen LogP contribution in [0.2, 0.25) is 0 Å². The first-order valence-electron chi connectivity index (χ1n) is 11.6. The number of nitrogens with zero attached hydrogens (tertiary/aromatic N) is 6. The van der Waals surface area contributed by atoms with Crippen LogP contribution in [0.25, 0.3) is 16.7 Å². The molecule has 4 aromatic heterocycles. The molecule has 0 spiro atoms. The van der Waals surface area contributed by atoms with Crippen molar-refractivity contribution >= 4 is 22.6 Å². The smallest absolute Gasteiger partial charge is 0.281 e. The number of rotatable bonds is 9. The summed E-state index contributed by atoms with van der Waals surface area (Å²) in [7, 11) is 3.13. The van der Waals surface area contributed by atoms with Crippen LogP contribution in [0.4, 0.5) is 5.82 Å². The van der Waals surface area contributed by atoms with Gasteiger partial charge in [0.05, 0.1) is 38.7 Å². The van der Waals surface area contributed by atoms with E-state index in [1.807, 2.05) is 6.92 Å².